The van der Waals surface area contributed by atoms with E-state index in [1.807, 2.05) is 12.2 Å². The summed E-state index contributed by atoms with van der Waals surface area (Å²) in [6.07, 6.45) is 85.5. The number of unbranched alkanes of at least 4 members (excludes halogenated alkanes) is 6. The summed E-state index contributed by atoms with van der Waals surface area (Å²) in [7, 11) is -4.42. The van der Waals surface area contributed by atoms with Crippen molar-refractivity contribution < 1.29 is 37.6 Å². The molecule has 0 radical (unpaired) electrons. The molecule has 0 aliphatic heterocycles. The molecule has 0 spiro atoms. The predicted octanol–water partition coefficient (Wildman–Crippen LogP) is 17.3. The number of rotatable bonds is 48. The Bertz CT molecular complexity index is 1840. The minimum Gasteiger partial charge on any atom is -0.461 e. The Morgan fingerprint density at radius 1 is 0.425 bits per heavy atom. The van der Waals surface area contributed by atoms with Crippen molar-refractivity contribution in [2.45, 2.75) is 174 Å². The van der Waals surface area contributed by atoms with Crippen LogP contribution in [-0.2, 0) is 32.7 Å². The van der Waals surface area contributed by atoms with Crippen molar-refractivity contribution in [3.05, 3.63) is 182 Å². The van der Waals surface area contributed by atoms with E-state index in [0.717, 1.165) is 128 Å². The largest absolute Gasteiger partial charge is 0.472 e. The molecule has 0 aromatic carbocycles. The van der Waals surface area contributed by atoms with E-state index in [0.29, 0.717) is 12.8 Å². The topological polar surface area (TPSA) is 134 Å². The summed E-state index contributed by atoms with van der Waals surface area (Å²) in [6, 6.07) is 0. The number of hydrogen-bond acceptors (Lipinski definition) is 8. The Kier molecular flexibility index (Phi) is 52.6. The highest BCUT2D eigenvalue weighted by molar-refractivity contribution is 7.47. The van der Waals surface area contributed by atoms with Crippen molar-refractivity contribution in [1.82, 2.24) is 0 Å². The van der Waals surface area contributed by atoms with Gasteiger partial charge >= 0.3 is 19.8 Å². The van der Waals surface area contributed by atoms with Crippen LogP contribution < -0.4 is 5.73 Å². The summed E-state index contributed by atoms with van der Waals surface area (Å²) >= 11 is 0. The second-order valence-corrected chi connectivity index (χ2v) is 18.5. The minimum absolute atomic E-state index is 0.0287. The first-order chi connectivity index (χ1) is 35.8. The van der Waals surface area contributed by atoms with Gasteiger partial charge in [0.25, 0.3) is 0 Å². The maximum absolute atomic E-state index is 12.7. The first-order valence-corrected chi connectivity index (χ1v) is 28.8. The molecule has 406 valence electrons. The summed E-state index contributed by atoms with van der Waals surface area (Å²) in [6.45, 7) is 3.33. The van der Waals surface area contributed by atoms with Gasteiger partial charge in [0.05, 0.1) is 19.6 Å². The van der Waals surface area contributed by atoms with Crippen LogP contribution >= 0.6 is 7.82 Å². The molecule has 0 heterocycles. The van der Waals surface area contributed by atoms with Gasteiger partial charge in [0, 0.05) is 13.0 Å². The Balaban J connectivity index is 4.14. The smallest absolute Gasteiger partial charge is 0.461 e. The van der Waals surface area contributed by atoms with Gasteiger partial charge in [0.15, 0.2) is 6.10 Å². The number of allylic oxidation sites excluding steroid dienone is 29. The molecule has 2 unspecified atom stereocenters. The van der Waals surface area contributed by atoms with Gasteiger partial charge < -0.3 is 20.1 Å². The molecule has 0 rings (SSSR count). The zero-order valence-electron chi connectivity index (χ0n) is 45.0. The zero-order valence-corrected chi connectivity index (χ0v) is 45.9. The van der Waals surface area contributed by atoms with E-state index >= 15 is 0 Å². The van der Waals surface area contributed by atoms with E-state index in [1.165, 1.54) is 0 Å². The number of ether oxygens (including phenoxy) is 2. The molecule has 73 heavy (non-hydrogen) atoms. The van der Waals surface area contributed by atoms with Crippen LogP contribution in [0.15, 0.2) is 182 Å². The Hall–Kier alpha value is -4.89. The highest BCUT2D eigenvalue weighted by atomic mass is 31.2. The average Bonchev–Trinajstić information content (AvgIpc) is 3.38. The lowest BCUT2D eigenvalue weighted by molar-refractivity contribution is -0.160. The standard InChI is InChI=1S/C63H96NO8P/c1-3-5-7-9-11-13-15-17-19-20-21-22-23-24-25-26-27-28-29-30-31-32-33-34-35-36-37-38-39-40-42-44-46-48-50-52-54-56-63(66)72-61(60-71-73(67,68)70-58-57-64)59-69-62(65)55-53-51-49-47-45-43-41-18-16-14-12-10-8-6-4-2/h5-8,11-14,17-19,21-22,24-25,27-28,30-31,33-34,36-37,39-41,45,47,51,53,61H,3-4,9-10,15-16,20,23,26,29,32,35,38,42-44,46,48-50,52,54-60,64H2,1-2H3,(H,67,68)/b7-5-,8-6-,13-11-,14-12-,19-17-,22-21-,25-24-,28-27-,31-30-,34-33-,37-36-,40-39-,41-18-,47-45-,53-51-. The average molecular weight is 1030 g/mol. The van der Waals surface area contributed by atoms with E-state index in [-0.39, 0.29) is 32.6 Å². The first-order valence-electron chi connectivity index (χ1n) is 27.3. The summed E-state index contributed by atoms with van der Waals surface area (Å²) in [4.78, 5) is 35.0. The van der Waals surface area contributed by atoms with E-state index in [4.69, 9.17) is 24.3 Å². The molecule has 0 saturated carbocycles. The zero-order chi connectivity index (χ0) is 53.1. The molecule has 9 nitrogen and oxygen atoms in total. The third-order valence-corrected chi connectivity index (χ3v) is 11.3. The molecule has 3 N–H and O–H groups in total. The van der Waals surface area contributed by atoms with Crippen LogP contribution in [0.1, 0.15) is 168 Å². The predicted molar refractivity (Wildman–Crippen MR) is 311 cm³/mol. The molecule has 0 fully saturated rings. The number of phosphoric ester groups is 1. The van der Waals surface area contributed by atoms with Gasteiger partial charge in [-0.3, -0.25) is 18.6 Å². The highest BCUT2D eigenvalue weighted by Gasteiger charge is 2.25. The van der Waals surface area contributed by atoms with Gasteiger partial charge in [-0.1, -0.05) is 222 Å². The normalized spacial score (nSPS) is 14.5. The van der Waals surface area contributed by atoms with Crippen LogP contribution in [0.4, 0.5) is 0 Å². The molecule has 0 aliphatic rings. The first kappa shape index (κ1) is 68.1. The summed E-state index contributed by atoms with van der Waals surface area (Å²) in [5.74, 6) is -1.01. The fraction of sp³-hybridized carbons (Fsp3) is 0.492. The number of esters is 2. The molecule has 0 saturated heterocycles. The maximum Gasteiger partial charge on any atom is 0.472 e. The number of hydrogen-bond donors (Lipinski definition) is 2. The molecule has 0 amide bonds. The second-order valence-electron chi connectivity index (χ2n) is 17.0. The van der Waals surface area contributed by atoms with E-state index in [9.17, 15) is 19.0 Å². The third kappa shape index (κ3) is 56.3. The van der Waals surface area contributed by atoms with Gasteiger partial charge in [-0.05, 0) is 116 Å². The lowest BCUT2D eigenvalue weighted by atomic mass is 10.1. The number of carbonyl (C=O) groups is 2. The molecule has 0 aliphatic carbocycles. The molecular formula is C63H96NO8P. The van der Waals surface area contributed by atoms with Crippen molar-refractivity contribution >= 4 is 19.8 Å². The molecule has 0 aromatic rings. The van der Waals surface area contributed by atoms with Gasteiger partial charge in [0.2, 0.25) is 0 Å². The van der Waals surface area contributed by atoms with Gasteiger partial charge in [0.1, 0.15) is 6.61 Å². The van der Waals surface area contributed by atoms with Crippen molar-refractivity contribution in [3.63, 3.8) is 0 Å². The number of carbonyl (C=O) groups excluding carboxylic acids is 2. The lowest BCUT2D eigenvalue weighted by Gasteiger charge is -2.19. The molecule has 10 heteroatoms. The summed E-state index contributed by atoms with van der Waals surface area (Å²) in [5.41, 5.74) is 5.36. The molecule has 0 bridgehead atoms. The molecule has 0 aromatic heterocycles. The second kappa shape index (κ2) is 56.4. The summed E-state index contributed by atoms with van der Waals surface area (Å²) in [5, 5.41) is 0. The monoisotopic (exact) mass is 1030 g/mol. The number of nitrogens with two attached hydrogens (primary N) is 1. The van der Waals surface area contributed by atoms with Crippen LogP contribution in [0.2, 0.25) is 0 Å². The van der Waals surface area contributed by atoms with Crippen LogP contribution in [-0.4, -0.2) is 49.3 Å². The SMILES string of the molecule is CC/C=C\C/C=C\C/C=C\C/C=C\C/C=C\C/C=C\C/C=C\C/C=C\C/C=C\C/C=C\CCCCCCCCC(=O)OC(COC(=O)C/C=C\C/C=C\C/C=C\C/C=C\C/C=C\CC)COP(=O)(O)OCCN. The molecular weight excluding hydrogens is 930 g/mol. The van der Waals surface area contributed by atoms with Crippen molar-refractivity contribution in [3.8, 4) is 0 Å². The third-order valence-electron chi connectivity index (χ3n) is 10.3. The summed E-state index contributed by atoms with van der Waals surface area (Å²) < 4.78 is 32.8. The fourth-order valence-corrected chi connectivity index (χ4v) is 7.15. The maximum atomic E-state index is 12.7. The van der Waals surface area contributed by atoms with Crippen LogP contribution in [0, 0.1) is 0 Å². The Morgan fingerprint density at radius 2 is 0.753 bits per heavy atom. The number of phosphoric acid groups is 1. The van der Waals surface area contributed by atoms with E-state index < -0.39 is 32.5 Å². The van der Waals surface area contributed by atoms with Gasteiger partial charge in [-0.15, -0.1) is 0 Å². The quantitative estimate of drug-likeness (QED) is 0.0264. The van der Waals surface area contributed by atoms with Crippen LogP contribution in [0.3, 0.4) is 0 Å². The minimum atomic E-state index is -4.42. The van der Waals surface area contributed by atoms with Gasteiger partial charge in [-0.2, -0.15) is 0 Å². The van der Waals surface area contributed by atoms with Crippen molar-refractivity contribution in [1.29, 1.82) is 0 Å². The van der Waals surface area contributed by atoms with Crippen LogP contribution in [0.5, 0.6) is 0 Å². The van der Waals surface area contributed by atoms with Crippen LogP contribution in [0.25, 0.3) is 0 Å². The highest BCUT2D eigenvalue weighted by Crippen LogP contribution is 2.43. The van der Waals surface area contributed by atoms with Crippen molar-refractivity contribution in [2.75, 3.05) is 26.4 Å². The fourth-order valence-electron chi connectivity index (χ4n) is 6.38. The Morgan fingerprint density at radius 3 is 1.12 bits per heavy atom. The van der Waals surface area contributed by atoms with E-state index in [2.05, 4.69) is 178 Å². The lowest BCUT2D eigenvalue weighted by Crippen LogP contribution is -2.29. The Labute approximate surface area is 443 Å². The van der Waals surface area contributed by atoms with Gasteiger partial charge in [-0.25, -0.2) is 4.57 Å². The molecule has 2 atom stereocenters. The van der Waals surface area contributed by atoms with E-state index in [1.54, 1.807) is 6.08 Å². The van der Waals surface area contributed by atoms with Crippen molar-refractivity contribution in [2.24, 2.45) is 5.73 Å².